The Morgan fingerprint density at radius 2 is 2.05 bits per heavy atom. The normalized spacial score (nSPS) is 12.9. The molecule has 0 aliphatic carbocycles. The van der Waals surface area contributed by atoms with Crippen molar-refractivity contribution in [1.29, 1.82) is 0 Å². The molecule has 1 heterocycles. The molecule has 1 atom stereocenters. The molecular weight excluding hydrogens is 325 g/mol. The zero-order valence-electron chi connectivity index (χ0n) is 10.4. The maximum Gasteiger partial charge on any atom is 0.138 e. The number of halogens is 3. The molecule has 19 heavy (non-hydrogen) atoms. The summed E-state index contributed by atoms with van der Waals surface area (Å²) in [6, 6.07) is 5.65. The summed E-state index contributed by atoms with van der Waals surface area (Å²) in [5.74, 6) is 0. The van der Waals surface area contributed by atoms with Crippen molar-refractivity contribution in [3.05, 3.63) is 43.8 Å². The zero-order valence-corrected chi connectivity index (χ0v) is 13.5. The highest BCUT2D eigenvalue weighted by atomic mass is 35.5. The fourth-order valence-corrected chi connectivity index (χ4v) is 2.92. The molecule has 1 aromatic heterocycles. The highest BCUT2D eigenvalue weighted by Crippen LogP contribution is 2.30. The van der Waals surface area contributed by atoms with Crippen molar-refractivity contribution in [3.63, 3.8) is 0 Å². The molecule has 0 aliphatic rings. The Morgan fingerprint density at radius 1 is 1.32 bits per heavy atom. The summed E-state index contributed by atoms with van der Waals surface area (Å²) in [5, 5.41) is 5.31. The molecule has 2 aromatic rings. The second kappa shape index (κ2) is 6.37. The standard InChI is InChI=1S/C12H12Cl3N3S/c1-7(9-4-3-8(13)5-10(9)14)18(2)6-11-12(15)19-17-16-11/h3-5,7H,6H2,1-2H3. The van der Waals surface area contributed by atoms with Gasteiger partial charge in [0.1, 0.15) is 10.0 Å². The van der Waals surface area contributed by atoms with Gasteiger partial charge in [0, 0.05) is 34.2 Å². The van der Waals surface area contributed by atoms with Gasteiger partial charge in [0.05, 0.1) is 0 Å². The minimum atomic E-state index is 0.127. The highest BCUT2D eigenvalue weighted by Gasteiger charge is 2.17. The summed E-state index contributed by atoms with van der Waals surface area (Å²) in [6.07, 6.45) is 0. The fourth-order valence-electron chi connectivity index (χ4n) is 1.74. The Labute approximate surface area is 131 Å². The predicted molar refractivity (Wildman–Crippen MR) is 81.3 cm³/mol. The largest absolute Gasteiger partial charge is 0.294 e. The third-order valence-electron chi connectivity index (χ3n) is 2.98. The molecule has 0 saturated heterocycles. The fraction of sp³-hybridized carbons (Fsp3) is 0.333. The lowest BCUT2D eigenvalue weighted by atomic mass is 10.1. The molecule has 0 saturated carbocycles. The molecule has 0 bridgehead atoms. The number of hydrogen-bond acceptors (Lipinski definition) is 4. The SMILES string of the molecule is CC(c1ccc(Cl)cc1Cl)N(C)Cc1nnsc1Cl. The highest BCUT2D eigenvalue weighted by molar-refractivity contribution is 7.10. The van der Waals surface area contributed by atoms with E-state index in [0.717, 1.165) is 11.3 Å². The number of nitrogens with zero attached hydrogens (tertiary/aromatic N) is 3. The number of hydrogen-bond donors (Lipinski definition) is 0. The smallest absolute Gasteiger partial charge is 0.138 e. The molecule has 1 aromatic carbocycles. The van der Waals surface area contributed by atoms with Crippen LogP contribution in [0.1, 0.15) is 24.2 Å². The molecule has 0 N–H and O–H groups in total. The van der Waals surface area contributed by atoms with Crippen LogP contribution in [-0.2, 0) is 6.54 Å². The van der Waals surface area contributed by atoms with Gasteiger partial charge in [0.15, 0.2) is 0 Å². The van der Waals surface area contributed by atoms with Crippen LogP contribution in [0, 0.1) is 0 Å². The molecule has 0 spiro atoms. The van der Waals surface area contributed by atoms with E-state index in [1.807, 2.05) is 19.2 Å². The Balaban J connectivity index is 2.14. The minimum Gasteiger partial charge on any atom is -0.294 e. The molecule has 0 amide bonds. The van der Waals surface area contributed by atoms with Crippen LogP contribution < -0.4 is 0 Å². The van der Waals surface area contributed by atoms with Gasteiger partial charge >= 0.3 is 0 Å². The van der Waals surface area contributed by atoms with Crippen LogP contribution >= 0.6 is 46.3 Å². The average molecular weight is 337 g/mol. The van der Waals surface area contributed by atoms with E-state index in [1.165, 1.54) is 11.5 Å². The first-order chi connectivity index (χ1) is 8.99. The first kappa shape index (κ1) is 15.0. The average Bonchev–Trinajstić information content (AvgIpc) is 2.74. The maximum atomic E-state index is 6.22. The van der Waals surface area contributed by atoms with Crippen LogP contribution in [0.4, 0.5) is 0 Å². The van der Waals surface area contributed by atoms with Gasteiger partial charge in [-0.05, 0) is 31.7 Å². The summed E-state index contributed by atoms with van der Waals surface area (Å²) in [6.45, 7) is 2.69. The summed E-state index contributed by atoms with van der Waals surface area (Å²) in [4.78, 5) is 2.11. The van der Waals surface area contributed by atoms with E-state index in [9.17, 15) is 0 Å². The number of benzene rings is 1. The van der Waals surface area contributed by atoms with Crippen LogP contribution in [0.2, 0.25) is 14.4 Å². The van der Waals surface area contributed by atoms with Crippen molar-refractivity contribution in [2.75, 3.05) is 7.05 Å². The van der Waals surface area contributed by atoms with Gasteiger partial charge in [-0.15, -0.1) is 5.10 Å². The van der Waals surface area contributed by atoms with E-state index < -0.39 is 0 Å². The third-order valence-corrected chi connectivity index (χ3v) is 4.53. The topological polar surface area (TPSA) is 29.0 Å². The molecule has 1 unspecified atom stereocenters. The lowest BCUT2D eigenvalue weighted by molar-refractivity contribution is 0.250. The lowest BCUT2D eigenvalue weighted by Crippen LogP contribution is -2.22. The van der Waals surface area contributed by atoms with E-state index >= 15 is 0 Å². The van der Waals surface area contributed by atoms with Crippen molar-refractivity contribution in [2.45, 2.75) is 19.5 Å². The maximum absolute atomic E-state index is 6.22. The molecule has 3 nitrogen and oxygen atoms in total. The van der Waals surface area contributed by atoms with Crippen molar-refractivity contribution >= 4 is 46.3 Å². The van der Waals surface area contributed by atoms with Gasteiger partial charge in [-0.1, -0.05) is 45.4 Å². The summed E-state index contributed by atoms with van der Waals surface area (Å²) in [5.41, 5.74) is 1.80. The van der Waals surface area contributed by atoms with Crippen LogP contribution in [0.5, 0.6) is 0 Å². The number of aromatic nitrogens is 2. The van der Waals surface area contributed by atoms with E-state index in [-0.39, 0.29) is 6.04 Å². The second-order valence-corrected chi connectivity index (χ2v) is 6.45. The lowest BCUT2D eigenvalue weighted by Gasteiger charge is -2.25. The van der Waals surface area contributed by atoms with E-state index in [0.29, 0.717) is 20.9 Å². The Kier molecular flexibility index (Phi) is 5.03. The molecular formula is C12H12Cl3N3S. The van der Waals surface area contributed by atoms with E-state index in [1.54, 1.807) is 6.07 Å². The van der Waals surface area contributed by atoms with E-state index in [2.05, 4.69) is 21.4 Å². The predicted octanol–water partition coefficient (Wildman–Crippen LogP) is 4.69. The van der Waals surface area contributed by atoms with Gasteiger partial charge in [0.25, 0.3) is 0 Å². The van der Waals surface area contributed by atoms with Crippen molar-refractivity contribution < 1.29 is 0 Å². The first-order valence-corrected chi connectivity index (χ1v) is 7.51. The summed E-state index contributed by atoms with van der Waals surface area (Å²) < 4.78 is 4.45. The van der Waals surface area contributed by atoms with Gasteiger partial charge in [-0.2, -0.15) is 0 Å². The van der Waals surface area contributed by atoms with Crippen LogP contribution in [-0.4, -0.2) is 21.5 Å². The van der Waals surface area contributed by atoms with Crippen LogP contribution in [0.3, 0.4) is 0 Å². The molecule has 0 radical (unpaired) electrons. The molecule has 7 heteroatoms. The molecule has 0 aliphatic heterocycles. The molecule has 102 valence electrons. The first-order valence-electron chi connectivity index (χ1n) is 5.61. The quantitative estimate of drug-likeness (QED) is 0.811. The zero-order chi connectivity index (χ0) is 14.0. The number of rotatable bonds is 4. The molecule has 0 fully saturated rings. The Hall–Kier alpha value is -0.390. The monoisotopic (exact) mass is 335 g/mol. The third kappa shape index (κ3) is 3.58. The Morgan fingerprint density at radius 3 is 2.63 bits per heavy atom. The second-order valence-electron chi connectivity index (χ2n) is 4.25. The van der Waals surface area contributed by atoms with Crippen molar-refractivity contribution in [1.82, 2.24) is 14.5 Å². The van der Waals surface area contributed by atoms with Gasteiger partial charge in [-0.3, -0.25) is 4.90 Å². The van der Waals surface area contributed by atoms with Crippen LogP contribution in [0.25, 0.3) is 0 Å². The summed E-state index contributed by atoms with van der Waals surface area (Å²) >= 11 is 19.3. The van der Waals surface area contributed by atoms with E-state index in [4.69, 9.17) is 34.8 Å². The summed E-state index contributed by atoms with van der Waals surface area (Å²) in [7, 11) is 1.99. The minimum absolute atomic E-state index is 0.127. The van der Waals surface area contributed by atoms with Crippen molar-refractivity contribution in [3.8, 4) is 0 Å². The van der Waals surface area contributed by atoms with Gasteiger partial charge in [0.2, 0.25) is 0 Å². The molecule has 2 rings (SSSR count). The Bertz CT molecular complexity index is 573. The van der Waals surface area contributed by atoms with Gasteiger partial charge in [-0.25, -0.2) is 0 Å². The van der Waals surface area contributed by atoms with Gasteiger partial charge < -0.3 is 0 Å². The van der Waals surface area contributed by atoms with Crippen molar-refractivity contribution in [2.24, 2.45) is 0 Å². The van der Waals surface area contributed by atoms with Crippen LogP contribution in [0.15, 0.2) is 18.2 Å².